The first-order valence-electron chi connectivity index (χ1n) is 8.13. The van der Waals surface area contributed by atoms with Crippen molar-refractivity contribution in [1.82, 2.24) is 4.57 Å². The van der Waals surface area contributed by atoms with Crippen LogP contribution in [0.5, 0.6) is 5.75 Å². The zero-order chi connectivity index (χ0) is 17.1. The fourth-order valence-electron chi connectivity index (χ4n) is 2.93. The molecular formula is C22H16N2O. The predicted octanol–water partition coefficient (Wildman–Crippen LogP) is 5.27. The summed E-state index contributed by atoms with van der Waals surface area (Å²) in [5, 5.41) is 10.6. The Kier molecular flexibility index (Phi) is 3.94. The molecule has 3 nitrogen and oxygen atoms in total. The Morgan fingerprint density at radius 1 is 0.800 bits per heavy atom. The van der Waals surface area contributed by atoms with Crippen molar-refractivity contribution in [2.75, 3.05) is 0 Å². The lowest BCUT2D eigenvalue weighted by atomic mass is 10.1. The van der Waals surface area contributed by atoms with Crippen molar-refractivity contribution in [3.8, 4) is 17.5 Å². The number of aromatic nitrogens is 1. The third kappa shape index (κ3) is 2.98. The zero-order valence-electron chi connectivity index (χ0n) is 13.5. The molecule has 4 aromatic rings. The number of ether oxygens (including phenoxy) is 1. The second-order valence-electron chi connectivity index (χ2n) is 5.78. The SMILES string of the molecule is N#CC(Oc1ccc(-n2ccc3ccccc32)cc1)c1ccccc1. The second kappa shape index (κ2) is 6.54. The number of hydrogen-bond donors (Lipinski definition) is 0. The Morgan fingerprint density at radius 3 is 2.28 bits per heavy atom. The number of nitrogens with zero attached hydrogens (tertiary/aromatic N) is 2. The molecule has 3 aromatic carbocycles. The van der Waals surface area contributed by atoms with Gasteiger partial charge in [0.1, 0.15) is 11.8 Å². The van der Waals surface area contributed by atoms with E-state index in [0.717, 1.165) is 16.8 Å². The summed E-state index contributed by atoms with van der Waals surface area (Å²) in [5.41, 5.74) is 3.07. The standard InChI is InChI=1S/C22H16N2O/c23-16-22(18-7-2-1-3-8-18)25-20-12-10-19(11-13-20)24-15-14-17-6-4-5-9-21(17)24/h1-15,22H. The van der Waals surface area contributed by atoms with E-state index >= 15 is 0 Å². The first-order chi connectivity index (χ1) is 12.3. The van der Waals surface area contributed by atoms with E-state index in [0.29, 0.717) is 5.75 Å². The number of fused-ring (bicyclic) bond motifs is 1. The van der Waals surface area contributed by atoms with Crippen LogP contribution in [-0.4, -0.2) is 4.57 Å². The summed E-state index contributed by atoms with van der Waals surface area (Å²) in [4.78, 5) is 0. The van der Waals surface area contributed by atoms with Crippen molar-refractivity contribution < 1.29 is 4.74 Å². The van der Waals surface area contributed by atoms with Gasteiger partial charge in [0.2, 0.25) is 6.10 Å². The van der Waals surface area contributed by atoms with Crippen molar-refractivity contribution in [2.45, 2.75) is 6.10 Å². The van der Waals surface area contributed by atoms with Crippen molar-refractivity contribution in [3.63, 3.8) is 0 Å². The molecule has 1 heterocycles. The molecule has 0 radical (unpaired) electrons. The summed E-state index contributed by atoms with van der Waals surface area (Å²) >= 11 is 0. The highest BCUT2D eigenvalue weighted by Gasteiger charge is 2.12. The summed E-state index contributed by atoms with van der Waals surface area (Å²) in [5.74, 6) is 0.676. The molecule has 1 atom stereocenters. The van der Waals surface area contributed by atoms with E-state index in [1.807, 2.05) is 66.7 Å². The molecule has 0 aliphatic carbocycles. The van der Waals surface area contributed by atoms with Crippen LogP contribution in [0.25, 0.3) is 16.6 Å². The van der Waals surface area contributed by atoms with Gasteiger partial charge in [-0.05, 0) is 41.8 Å². The third-order valence-corrected chi connectivity index (χ3v) is 4.19. The molecular weight excluding hydrogens is 308 g/mol. The van der Waals surface area contributed by atoms with Crippen LogP contribution in [0.15, 0.2) is 91.1 Å². The molecule has 0 fully saturated rings. The highest BCUT2D eigenvalue weighted by Crippen LogP contribution is 2.25. The van der Waals surface area contributed by atoms with Gasteiger partial charge >= 0.3 is 0 Å². The molecule has 1 unspecified atom stereocenters. The summed E-state index contributed by atoms with van der Waals surface area (Å²) in [6, 6.07) is 29.9. The second-order valence-corrected chi connectivity index (χ2v) is 5.78. The molecule has 0 N–H and O–H groups in total. The van der Waals surface area contributed by atoms with Crippen LogP contribution >= 0.6 is 0 Å². The summed E-state index contributed by atoms with van der Waals surface area (Å²) in [7, 11) is 0. The van der Waals surface area contributed by atoms with E-state index in [1.165, 1.54) is 5.39 Å². The molecule has 0 spiro atoms. The van der Waals surface area contributed by atoms with Crippen molar-refractivity contribution in [3.05, 3.63) is 96.7 Å². The topological polar surface area (TPSA) is 37.9 Å². The molecule has 0 saturated carbocycles. The van der Waals surface area contributed by atoms with E-state index in [-0.39, 0.29) is 0 Å². The van der Waals surface area contributed by atoms with Crippen LogP contribution in [0.3, 0.4) is 0 Å². The van der Waals surface area contributed by atoms with E-state index < -0.39 is 6.10 Å². The molecule has 25 heavy (non-hydrogen) atoms. The summed E-state index contributed by atoms with van der Waals surface area (Å²) in [6.07, 6.45) is 1.45. The zero-order valence-corrected chi connectivity index (χ0v) is 13.5. The first-order valence-corrected chi connectivity index (χ1v) is 8.13. The summed E-state index contributed by atoms with van der Waals surface area (Å²) in [6.45, 7) is 0. The maximum absolute atomic E-state index is 9.38. The molecule has 120 valence electrons. The number of para-hydroxylation sites is 1. The number of rotatable bonds is 4. The minimum atomic E-state index is -0.612. The van der Waals surface area contributed by atoms with Crippen LogP contribution in [0.2, 0.25) is 0 Å². The van der Waals surface area contributed by atoms with E-state index in [1.54, 1.807) is 0 Å². The number of hydrogen-bond acceptors (Lipinski definition) is 2. The van der Waals surface area contributed by atoms with Gasteiger partial charge in [0.05, 0.1) is 5.52 Å². The van der Waals surface area contributed by atoms with E-state index in [9.17, 15) is 5.26 Å². The minimum Gasteiger partial charge on any atom is -0.471 e. The Balaban J connectivity index is 1.59. The first kappa shape index (κ1) is 15.0. The van der Waals surface area contributed by atoms with Gasteiger partial charge in [-0.15, -0.1) is 0 Å². The smallest absolute Gasteiger partial charge is 0.209 e. The normalized spacial score (nSPS) is 11.8. The van der Waals surface area contributed by atoms with Crippen LogP contribution in [0, 0.1) is 11.3 Å². The highest BCUT2D eigenvalue weighted by atomic mass is 16.5. The molecule has 0 aliphatic rings. The monoisotopic (exact) mass is 324 g/mol. The molecule has 1 aromatic heterocycles. The van der Waals surface area contributed by atoms with Crippen molar-refractivity contribution >= 4 is 10.9 Å². The van der Waals surface area contributed by atoms with Gasteiger partial charge in [-0.2, -0.15) is 5.26 Å². The molecule has 4 rings (SSSR count). The summed E-state index contributed by atoms with van der Waals surface area (Å²) < 4.78 is 7.98. The minimum absolute atomic E-state index is 0.612. The van der Waals surface area contributed by atoms with Gasteiger partial charge < -0.3 is 9.30 Å². The maximum atomic E-state index is 9.38. The molecule has 0 amide bonds. The molecule has 3 heteroatoms. The number of benzene rings is 3. The average molecular weight is 324 g/mol. The van der Waals surface area contributed by atoms with Crippen LogP contribution < -0.4 is 4.74 Å². The van der Waals surface area contributed by atoms with Gasteiger partial charge in [0.15, 0.2) is 0 Å². The van der Waals surface area contributed by atoms with Gasteiger partial charge in [-0.1, -0.05) is 48.5 Å². The number of nitriles is 1. The van der Waals surface area contributed by atoms with Gasteiger partial charge in [-0.3, -0.25) is 0 Å². The van der Waals surface area contributed by atoms with Gasteiger partial charge in [-0.25, -0.2) is 0 Å². The molecule has 0 aliphatic heterocycles. The maximum Gasteiger partial charge on any atom is 0.209 e. The van der Waals surface area contributed by atoms with Crippen LogP contribution in [0.4, 0.5) is 0 Å². The van der Waals surface area contributed by atoms with Crippen LogP contribution in [-0.2, 0) is 0 Å². The quantitative estimate of drug-likeness (QED) is 0.512. The van der Waals surface area contributed by atoms with Crippen molar-refractivity contribution in [2.24, 2.45) is 0 Å². The third-order valence-electron chi connectivity index (χ3n) is 4.19. The lowest BCUT2D eigenvalue weighted by Crippen LogP contribution is -2.05. The van der Waals surface area contributed by atoms with E-state index in [4.69, 9.17) is 4.74 Å². The lowest BCUT2D eigenvalue weighted by molar-refractivity contribution is 0.262. The van der Waals surface area contributed by atoms with Gasteiger partial charge in [0.25, 0.3) is 0 Å². The van der Waals surface area contributed by atoms with Crippen LogP contribution in [0.1, 0.15) is 11.7 Å². The van der Waals surface area contributed by atoms with Crippen molar-refractivity contribution in [1.29, 1.82) is 5.26 Å². The predicted molar refractivity (Wildman–Crippen MR) is 98.7 cm³/mol. The molecule has 0 bridgehead atoms. The Bertz CT molecular complexity index is 1030. The highest BCUT2D eigenvalue weighted by molar-refractivity contribution is 5.81. The lowest BCUT2D eigenvalue weighted by Gasteiger charge is -2.13. The fraction of sp³-hybridized carbons (Fsp3) is 0.0455. The average Bonchev–Trinajstić information content (AvgIpc) is 3.11. The van der Waals surface area contributed by atoms with Gasteiger partial charge in [0, 0.05) is 17.4 Å². The van der Waals surface area contributed by atoms with E-state index in [2.05, 4.69) is 35.0 Å². The Labute approximate surface area is 146 Å². The fourth-order valence-corrected chi connectivity index (χ4v) is 2.93. The molecule has 0 saturated heterocycles. The Hall–Kier alpha value is -3.51. The Morgan fingerprint density at radius 2 is 1.52 bits per heavy atom. The largest absolute Gasteiger partial charge is 0.471 e.